The van der Waals surface area contributed by atoms with Crippen molar-refractivity contribution in [2.75, 3.05) is 18.8 Å². The van der Waals surface area contributed by atoms with Gasteiger partial charge in [0, 0.05) is 36.7 Å². The molecule has 0 bridgehead atoms. The fourth-order valence-electron chi connectivity index (χ4n) is 3.03. The van der Waals surface area contributed by atoms with Gasteiger partial charge in [0.2, 0.25) is 5.91 Å². The van der Waals surface area contributed by atoms with E-state index in [2.05, 4.69) is 30.1 Å². The van der Waals surface area contributed by atoms with Crippen molar-refractivity contribution in [3.8, 4) is 12.3 Å². The van der Waals surface area contributed by atoms with Crippen molar-refractivity contribution >= 4 is 35.0 Å². The van der Waals surface area contributed by atoms with E-state index in [1.807, 2.05) is 4.90 Å². The Hall–Kier alpha value is -1.56. The molecule has 1 saturated heterocycles. The van der Waals surface area contributed by atoms with E-state index in [-0.39, 0.29) is 23.2 Å². The molecule has 0 aliphatic carbocycles. The predicted octanol–water partition coefficient (Wildman–Crippen LogP) is 2.71. The van der Waals surface area contributed by atoms with Crippen LogP contribution >= 0.6 is 23.1 Å². The van der Waals surface area contributed by atoms with E-state index in [0.29, 0.717) is 29.6 Å². The predicted molar refractivity (Wildman–Crippen MR) is 105 cm³/mol. The molecule has 0 radical (unpaired) electrons. The Balaban J connectivity index is 1.87. The van der Waals surface area contributed by atoms with E-state index in [1.165, 1.54) is 28.5 Å². The highest BCUT2D eigenvalue weighted by Gasteiger charge is 2.32. The topological polar surface area (TPSA) is 82.5 Å². The van der Waals surface area contributed by atoms with Crippen molar-refractivity contribution in [2.45, 2.75) is 55.5 Å². The highest BCUT2D eigenvalue weighted by molar-refractivity contribution is 8.01. The number of nitrogens with zero attached hydrogens (tertiary/aromatic N) is 2. The fraction of sp³-hybridized carbons (Fsp3) is 0.611. The number of thioether (sulfide) groups is 1. The minimum Gasteiger partial charge on any atom is -0.476 e. The molecule has 6 nitrogen and oxygen atoms in total. The van der Waals surface area contributed by atoms with Crippen molar-refractivity contribution in [2.24, 2.45) is 0 Å². The number of aromatic nitrogens is 1. The standard InChI is InChI=1S/C18H25N3O3S2/c1-4-18(5-2,6-3)19-11-13-7-8-15(22)21(13)9-10-25-17-20-14(12-26-17)16(23)24/h1,12-13,19H,5-11H2,2-3H3,(H,23,24). The van der Waals surface area contributed by atoms with Gasteiger partial charge in [0.05, 0.1) is 5.54 Å². The van der Waals surface area contributed by atoms with Crippen molar-refractivity contribution in [3.63, 3.8) is 0 Å². The lowest BCUT2D eigenvalue weighted by Crippen LogP contribution is -2.49. The van der Waals surface area contributed by atoms with Gasteiger partial charge in [-0.25, -0.2) is 9.78 Å². The first-order valence-electron chi connectivity index (χ1n) is 8.78. The van der Waals surface area contributed by atoms with Gasteiger partial charge in [-0.2, -0.15) is 0 Å². The summed E-state index contributed by atoms with van der Waals surface area (Å²) in [6.07, 6.45) is 8.81. The Morgan fingerprint density at radius 2 is 2.31 bits per heavy atom. The molecule has 0 aromatic carbocycles. The molecule has 1 unspecified atom stereocenters. The van der Waals surface area contributed by atoms with Gasteiger partial charge in [0.1, 0.15) is 0 Å². The fourth-order valence-corrected chi connectivity index (χ4v) is 4.84. The summed E-state index contributed by atoms with van der Waals surface area (Å²) in [5.41, 5.74) is -0.234. The molecule has 2 heterocycles. The van der Waals surface area contributed by atoms with Gasteiger partial charge in [0.25, 0.3) is 0 Å². The Kier molecular flexibility index (Phi) is 7.50. The molecule has 1 fully saturated rings. The average molecular weight is 396 g/mol. The Morgan fingerprint density at radius 1 is 1.58 bits per heavy atom. The monoisotopic (exact) mass is 395 g/mol. The first-order valence-corrected chi connectivity index (χ1v) is 10.6. The number of carbonyl (C=O) groups excluding carboxylic acids is 1. The summed E-state index contributed by atoms with van der Waals surface area (Å²) in [5, 5.41) is 13.9. The number of carboxylic acids is 1. The SMILES string of the molecule is C#CC(CC)(CC)NCC1CCC(=O)N1CCSc1nc(C(=O)O)cs1. The highest BCUT2D eigenvalue weighted by atomic mass is 32.2. The van der Waals surface area contributed by atoms with E-state index in [0.717, 1.165) is 19.3 Å². The second-order valence-corrected chi connectivity index (χ2v) is 8.45. The zero-order valence-corrected chi connectivity index (χ0v) is 16.8. The molecule has 1 aromatic heterocycles. The molecule has 2 N–H and O–H groups in total. The minimum atomic E-state index is -1.02. The number of thiazole rings is 1. The molecule has 1 atom stereocenters. The number of hydrogen-bond acceptors (Lipinski definition) is 6. The van der Waals surface area contributed by atoms with Crippen LogP contribution in [-0.4, -0.2) is 57.3 Å². The maximum Gasteiger partial charge on any atom is 0.355 e. The smallest absolute Gasteiger partial charge is 0.355 e. The highest BCUT2D eigenvalue weighted by Crippen LogP contribution is 2.25. The molecular formula is C18H25N3O3S2. The van der Waals surface area contributed by atoms with Crippen LogP contribution in [0.4, 0.5) is 0 Å². The third-order valence-electron chi connectivity index (χ3n) is 4.87. The number of carbonyl (C=O) groups is 2. The van der Waals surface area contributed by atoms with Gasteiger partial charge in [0.15, 0.2) is 10.0 Å². The normalized spacial score (nSPS) is 17.5. The number of terminal acetylenes is 1. The second kappa shape index (κ2) is 9.40. The maximum atomic E-state index is 12.2. The van der Waals surface area contributed by atoms with E-state index in [4.69, 9.17) is 11.5 Å². The summed E-state index contributed by atoms with van der Waals surface area (Å²) in [6.45, 7) is 5.47. The van der Waals surface area contributed by atoms with Crippen LogP contribution in [0.15, 0.2) is 9.72 Å². The van der Waals surface area contributed by atoms with Gasteiger partial charge >= 0.3 is 5.97 Å². The molecule has 1 amide bonds. The lowest BCUT2D eigenvalue weighted by Gasteiger charge is -2.32. The largest absolute Gasteiger partial charge is 0.476 e. The number of hydrogen-bond donors (Lipinski definition) is 2. The number of likely N-dealkylation sites (tertiary alicyclic amines) is 1. The van der Waals surface area contributed by atoms with Gasteiger partial charge < -0.3 is 10.0 Å². The summed E-state index contributed by atoms with van der Waals surface area (Å²) in [7, 11) is 0. The lowest BCUT2D eigenvalue weighted by molar-refractivity contribution is -0.128. The van der Waals surface area contributed by atoms with E-state index >= 15 is 0 Å². The molecule has 0 spiro atoms. The van der Waals surface area contributed by atoms with Gasteiger partial charge in [-0.1, -0.05) is 31.5 Å². The average Bonchev–Trinajstić information content (AvgIpc) is 3.25. The molecule has 2 rings (SSSR count). The molecule has 1 aliphatic heterocycles. The quantitative estimate of drug-likeness (QED) is 0.468. The molecule has 0 saturated carbocycles. The Labute approximate surface area is 162 Å². The van der Waals surface area contributed by atoms with Crippen molar-refractivity contribution in [1.29, 1.82) is 0 Å². The molecule has 142 valence electrons. The van der Waals surface area contributed by atoms with Crippen LogP contribution < -0.4 is 5.32 Å². The van der Waals surface area contributed by atoms with Gasteiger partial charge in [-0.3, -0.25) is 10.1 Å². The summed E-state index contributed by atoms with van der Waals surface area (Å²) in [6, 6.07) is 0.153. The first kappa shape index (κ1) is 20.7. The zero-order chi connectivity index (χ0) is 19.2. The second-order valence-electron chi connectivity index (χ2n) is 6.25. The molecule has 26 heavy (non-hydrogen) atoms. The maximum absolute atomic E-state index is 12.2. The van der Waals surface area contributed by atoms with Gasteiger partial charge in [-0.15, -0.1) is 17.8 Å². The first-order chi connectivity index (χ1) is 12.4. The molecular weight excluding hydrogens is 370 g/mol. The van der Waals surface area contributed by atoms with Crippen LogP contribution in [0.2, 0.25) is 0 Å². The summed E-state index contributed by atoms with van der Waals surface area (Å²) >= 11 is 2.80. The van der Waals surface area contributed by atoms with E-state index in [1.54, 1.807) is 0 Å². The van der Waals surface area contributed by atoms with Crippen molar-refractivity contribution in [3.05, 3.63) is 11.1 Å². The van der Waals surface area contributed by atoms with Crippen molar-refractivity contribution in [1.82, 2.24) is 15.2 Å². The molecule has 1 aliphatic rings. The van der Waals surface area contributed by atoms with Crippen LogP contribution in [-0.2, 0) is 4.79 Å². The third-order valence-corrected chi connectivity index (χ3v) is 6.87. The summed E-state index contributed by atoms with van der Waals surface area (Å²) in [4.78, 5) is 29.1. The minimum absolute atomic E-state index is 0.0709. The van der Waals surface area contributed by atoms with Crippen LogP contribution in [0.5, 0.6) is 0 Å². The Morgan fingerprint density at radius 3 is 2.88 bits per heavy atom. The number of nitrogens with one attached hydrogen (secondary N) is 1. The third kappa shape index (κ3) is 5.00. The summed E-state index contributed by atoms with van der Waals surface area (Å²) in [5.74, 6) is 2.71. The van der Waals surface area contributed by atoms with Crippen molar-refractivity contribution < 1.29 is 14.7 Å². The van der Waals surface area contributed by atoms with Crippen LogP contribution in [0.3, 0.4) is 0 Å². The number of carboxylic acid groups (broad SMARTS) is 1. The van der Waals surface area contributed by atoms with Crippen LogP contribution in [0.25, 0.3) is 0 Å². The van der Waals surface area contributed by atoms with Crippen LogP contribution in [0, 0.1) is 12.3 Å². The number of aromatic carboxylic acids is 1. The zero-order valence-electron chi connectivity index (χ0n) is 15.2. The molecule has 1 aromatic rings. The van der Waals surface area contributed by atoms with Gasteiger partial charge in [-0.05, 0) is 19.3 Å². The Bertz CT molecular complexity index is 679. The van der Waals surface area contributed by atoms with E-state index < -0.39 is 5.97 Å². The number of amides is 1. The molecule has 8 heteroatoms. The number of rotatable bonds is 10. The summed E-state index contributed by atoms with van der Waals surface area (Å²) < 4.78 is 0.715. The van der Waals surface area contributed by atoms with E-state index in [9.17, 15) is 9.59 Å². The van der Waals surface area contributed by atoms with Crippen LogP contribution in [0.1, 0.15) is 50.0 Å². The lowest BCUT2D eigenvalue weighted by atomic mass is 9.93.